The summed E-state index contributed by atoms with van der Waals surface area (Å²) in [4.78, 5) is 12.7. The first-order valence-electron chi connectivity index (χ1n) is 8.78. The van der Waals surface area contributed by atoms with Gasteiger partial charge in [0.2, 0.25) is 0 Å². The molecule has 5 heteroatoms. The van der Waals surface area contributed by atoms with Gasteiger partial charge < -0.3 is 19.4 Å². The normalized spacial score (nSPS) is 10.5. The smallest absolute Gasteiger partial charge is 0.253 e. The Kier molecular flexibility index (Phi) is 5.50. The minimum absolute atomic E-state index is 0.0972. The standard InChI is InChI=1S/C22H24N2O3/c1-15-12-19(16(2)24(15)18-8-6-5-7-9-18)22(25)23-14-17-10-11-20(26-3)21(13-17)27-4/h5-13H,14H2,1-4H3,(H,23,25). The minimum Gasteiger partial charge on any atom is -0.493 e. The zero-order valence-corrected chi connectivity index (χ0v) is 16.1. The number of carbonyl (C=O) groups is 1. The third-order valence-electron chi connectivity index (χ3n) is 4.59. The average molecular weight is 364 g/mol. The van der Waals surface area contributed by atoms with Crippen LogP contribution >= 0.6 is 0 Å². The largest absolute Gasteiger partial charge is 0.493 e. The summed E-state index contributed by atoms with van der Waals surface area (Å²) in [7, 11) is 3.19. The van der Waals surface area contributed by atoms with E-state index < -0.39 is 0 Å². The minimum atomic E-state index is -0.0972. The lowest BCUT2D eigenvalue weighted by Gasteiger charge is -2.11. The summed E-state index contributed by atoms with van der Waals surface area (Å²) in [6.45, 7) is 4.38. The van der Waals surface area contributed by atoms with Gasteiger partial charge in [0, 0.05) is 23.6 Å². The van der Waals surface area contributed by atoms with Gasteiger partial charge in [-0.3, -0.25) is 4.79 Å². The van der Waals surface area contributed by atoms with Crippen LogP contribution in [0.2, 0.25) is 0 Å². The Balaban J connectivity index is 1.78. The number of carbonyl (C=O) groups excluding carboxylic acids is 1. The molecule has 3 aromatic rings. The summed E-state index contributed by atoms with van der Waals surface area (Å²) in [5, 5.41) is 2.99. The molecule has 2 aromatic carbocycles. The van der Waals surface area contributed by atoms with Gasteiger partial charge in [-0.2, -0.15) is 0 Å². The maximum absolute atomic E-state index is 12.7. The van der Waals surface area contributed by atoms with Crippen molar-refractivity contribution >= 4 is 5.91 Å². The van der Waals surface area contributed by atoms with Crippen LogP contribution < -0.4 is 14.8 Å². The van der Waals surface area contributed by atoms with E-state index in [4.69, 9.17) is 9.47 Å². The molecule has 0 spiro atoms. The molecular weight excluding hydrogens is 340 g/mol. The molecule has 0 atom stereocenters. The van der Waals surface area contributed by atoms with Crippen molar-refractivity contribution in [1.82, 2.24) is 9.88 Å². The molecule has 0 saturated heterocycles. The molecule has 140 valence electrons. The van der Waals surface area contributed by atoms with Gasteiger partial charge in [-0.15, -0.1) is 0 Å². The fourth-order valence-electron chi connectivity index (χ4n) is 3.24. The van der Waals surface area contributed by atoms with E-state index in [0.717, 1.165) is 22.6 Å². The summed E-state index contributed by atoms with van der Waals surface area (Å²) >= 11 is 0. The molecule has 5 nitrogen and oxygen atoms in total. The maximum atomic E-state index is 12.7. The Hall–Kier alpha value is -3.21. The van der Waals surface area contributed by atoms with Crippen LogP contribution in [0.4, 0.5) is 0 Å². The topological polar surface area (TPSA) is 52.5 Å². The number of amides is 1. The fraction of sp³-hybridized carbons (Fsp3) is 0.227. The van der Waals surface area contributed by atoms with E-state index in [2.05, 4.69) is 9.88 Å². The summed E-state index contributed by atoms with van der Waals surface area (Å²) < 4.78 is 12.6. The van der Waals surface area contributed by atoms with E-state index in [1.54, 1.807) is 14.2 Å². The zero-order valence-electron chi connectivity index (χ0n) is 16.1. The van der Waals surface area contributed by atoms with Crippen LogP contribution in [-0.2, 0) is 6.54 Å². The van der Waals surface area contributed by atoms with E-state index in [0.29, 0.717) is 23.6 Å². The lowest BCUT2D eigenvalue weighted by molar-refractivity contribution is 0.0950. The number of ether oxygens (including phenoxy) is 2. The number of rotatable bonds is 6. The predicted octanol–water partition coefficient (Wildman–Crippen LogP) is 4.04. The second-order valence-electron chi connectivity index (χ2n) is 6.33. The number of aromatic nitrogens is 1. The quantitative estimate of drug-likeness (QED) is 0.718. The monoisotopic (exact) mass is 364 g/mol. The van der Waals surface area contributed by atoms with E-state index in [1.165, 1.54) is 0 Å². The summed E-state index contributed by atoms with van der Waals surface area (Å²) in [6.07, 6.45) is 0. The first-order valence-corrected chi connectivity index (χ1v) is 8.78. The molecular formula is C22H24N2O3. The maximum Gasteiger partial charge on any atom is 0.253 e. The number of hydrogen-bond donors (Lipinski definition) is 1. The molecule has 1 aromatic heterocycles. The molecule has 27 heavy (non-hydrogen) atoms. The number of benzene rings is 2. The second-order valence-corrected chi connectivity index (χ2v) is 6.33. The predicted molar refractivity (Wildman–Crippen MR) is 106 cm³/mol. The van der Waals surface area contributed by atoms with Crippen LogP contribution in [0, 0.1) is 13.8 Å². The zero-order chi connectivity index (χ0) is 19.4. The van der Waals surface area contributed by atoms with Crippen molar-refractivity contribution in [2.45, 2.75) is 20.4 Å². The van der Waals surface area contributed by atoms with Gasteiger partial charge in [-0.25, -0.2) is 0 Å². The van der Waals surface area contributed by atoms with Gasteiger partial charge in [0.25, 0.3) is 5.91 Å². The van der Waals surface area contributed by atoms with Crippen LogP contribution in [0.3, 0.4) is 0 Å². The van der Waals surface area contributed by atoms with E-state index in [-0.39, 0.29) is 5.91 Å². The van der Waals surface area contributed by atoms with Crippen molar-refractivity contribution in [3.8, 4) is 17.2 Å². The van der Waals surface area contributed by atoms with Crippen LogP contribution in [0.5, 0.6) is 11.5 Å². The molecule has 0 radical (unpaired) electrons. The molecule has 1 heterocycles. The van der Waals surface area contributed by atoms with Crippen molar-refractivity contribution < 1.29 is 14.3 Å². The fourth-order valence-corrected chi connectivity index (χ4v) is 3.24. The first-order chi connectivity index (χ1) is 13.0. The number of nitrogens with zero attached hydrogens (tertiary/aromatic N) is 1. The van der Waals surface area contributed by atoms with Crippen molar-refractivity contribution in [3.05, 3.63) is 77.1 Å². The number of para-hydroxylation sites is 1. The van der Waals surface area contributed by atoms with Crippen LogP contribution in [0.1, 0.15) is 27.3 Å². The Morgan fingerprint density at radius 3 is 2.33 bits per heavy atom. The number of methoxy groups -OCH3 is 2. The second kappa shape index (κ2) is 7.99. The Morgan fingerprint density at radius 2 is 1.67 bits per heavy atom. The van der Waals surface area contributed by atoms with Gasteiger partial charge in [0.1, 0.15) is 0 Å². The molecule has 0 saturated carbocycles. The highest BCUT2D eigenvalue weighted by Gasteiger charge is 2.16. The number of hydrogen-bond acceptors (Lipinski definition) is 3. The van der Waals surface area contributed by atoms with Gasteiger partial charge in [0.15, 0.2) is 11.5 Å². The van der Waals surface area contributed by atoms with Crippen molar-refractivity contribution in [3.63, 3.8) is 0 Å². The Morgan fingerprint density at radius 1 is 0.963 bits per heavy atom. The van der Waals surface area contributed by atoms with Crippen LogP contribution in [0.15, 0.2) is 54.6 Å². The molecule has 0 aliphatic carbocycles. The van der Waals surface area contributed by atoms with E-state index in [1.807, 2.05) is 68.4 Å². The molecule has 1 N–H and O–H groups in total. The summed E-state index contributed by atoms with van der Waals surface area (Å²) in [5.41, 5.74) is 4.61. The SMILES string of the molecule is COc1ccc(CNC(=O)c2cc(C)n(-c3ccccc3)c2C)cc1OC. The highest BCUT2D eigenvalue weighted by Crippen LogP contribution is 2.27. The van der Waals surface area contributed by atoms with Gasteiger partial charge >= 0.3 is 0 Å². The average Bonchev–Trinajstić information content (AvgIpc) is 3.00. The third kappa shape index (κ3) is 3.82. The summed E-state index contributed by atoms with van der Waals surface area (Å²) in [5.74, 6) is 1.21. The molecule has 0 aliphatic heterocycles. The number of nitrogens with one attached hydrogen (secondary N) is 1. The first kappa shape index (κ1) is 18.6. The number of aryl methyl sites for hydroxylation is 1. The summed E-state index contributed by atoms with van der Waals surface area (Å²) in [6, 6.07) is 17.6. The molecule has 1 amide bonds. The van der Waals surface area contributed by atoms with Gasteiger partial charge in [0.05, 0.1) is 19.8 Å². The van der Waals surface area contributed by atoms with Crippen molar-refractivity contribution in [1.29, 1.82) is 0 Å². The van der Waals surface area contributed by atoms with Crippen molar-refractivity contribution in [2.75, 3.05) is 14.2 Å². The van der Waals surface area contributed by atoms with Gasteiger partial charge in [-0.05, 0) is 49.7 Å². The van der Waals surface area contributed by atoms with Crippen LogP contribution in [-0.4, -0.2) is 24.7 Å². The lowest BCUT2D eigenvalue weighted by atomic mass is 10.2. The highest BCUT2D eigenvalue weighted by atomic mass is 16.5. The van der Waals surface area contributed by atoms with Crippen molar-refractivity contribution in [2.24, 2.45) is 0 Å². The lowest BCUT2D eigenvalue weighted by Crippen LogP contribution is -2.23. The molecule has 0 aliphatic rings. The molecule has 0 bridgehead atoms. The van der Waals surface area contributed by atoms with Crippen LogP contribution in [0.25, 0.3) is 5.69 Å². The van der Waals surface area contributed by atoms with Gasteiger partial charge in [-0.1, -0.05) is 24.3 Å². The highest BCUT2D eigenvalue weighted by molar-refractivity contribution is 5.95. The third-order valence-corrected chi connectivity index (χ3v) is 4.59. The molecule has 0 unspecified atom stereocenters. The Bertz CT molecular complexity index is 946. The Labute approximate surface area is 159 Å². The van der Waals surface area contributed by atoms with E-state index in [9.17, 15) is 4.79 Å². The van der Waals surface area contributed by atoms with E-state index >= 15 is 0 Å². The molecule has 3 rings (SSSR count). The molecule has 0 fully saturated rings.